The molecule has 2 heterocycles. The van der Waals surface area contributed by atoms with E-state index in [0.29, 0.717) is 10.9 Å². The number of rotatable bonds is 9. The molecule has 0 bridgehead atoms. The quantitative estimate of drug-likeness (QED) is 0.277. The molecule has 0 aliphatic rings. The molecule has 2 aromatic heterocycles. The third kappa shape index (κ3) is 6.00. The summed E-state index contributed by atoms with van der Waals surface area (Å²) in [7, 11) is 0. The van der Waals surface area contributed by atoms with Crippen LogP contribution in [0.4, 0.5) is 9.52 Å². The number of aryl methyl sites for hydroxylation is 1. The number of ether oxygens (including phenoxy) is 1. The van der Waals surface area contributed by atoms with Crippen LogP contribution in [-0.2, 0) is 11.2 Å². The molecule has 0 saturated heterocycles. The first-order valence-corrected chi connectivity index (χ1v) is 12.4. The highest BCUT2D eigenvalue weighted by Crippen LogP contribution is 2.29. The number of hydrogen-bond acceptors (Lipinski definition) is 8. The number of carbonyl (C=O) groups excluding carboxylic acids is 1. The lowest BCUT2D eigenvalue weighted by atomic mass is 10.1. The zero-order valence-corrected chi connectivity index (χ0v) is 20.5. The van der Waals surface area contributed by atoms with Crippen molar-refractivity contribution in [3.8, 4) is 17.0 Å². The number of hydrogen-bond donors (Lipinski definition) is 1. The second kappa shape index (κ2) is 10.8. The minimum atomic E-state index is -0.531. The van der Waals surface area contributed by atoms with E-state index in [0.717, 1.165) is 29.4 Å². The summed E-state index contributed by atoms with van der Waals surface area (Å²) in [6.07, 6.45) is 0.451. The molecule has 4 rings (SSSR count). The van der Waals surface area contributed by atoms with E-state index in [-0.39, 0.29) is 22.8 Å². The molecule has 0 fully saturated rings. The third-order valence-corrected chi connectivity index (χ3v) is 6.63. The predicted octanol–water partition coefficient (Wildman–Crippen LogP) is 6.15. The summed E-state index contributed by atoms with van der Waals surface area (Å²) in [6, 6.07) is 13.9. The summed E-state index contributed by atoms with van der Waals surface area (Å²) < 4.78 is 24.4. The first kappa shape index (κ1) is 23.9. The van der Waals surface area contributed by atoms with Crippen molar-refractivity contribution in [2.75, 3.05) is 5.32 Å². The summed E-state index contributed by atoms with van der Waals surface area (Å²) >= 11 is 2.52. The number of carbonyl (C=O) groups is 1. The molecule has 2 atom stereocenters. The average Bonchev–Trinajstić information content (AvgIpc) is 3.50. The summed E-state index contributed by atoms with van der Waals surface area (Å²) in [6.45, 7) is 5.61. The lowest BCUT2D eigenvalue weighted by Crippen LogP contribution is -2.22. The molecule has 0 unspecified atom stereocenters. The monoisotopic (exact) mass is 498 g/mol. The first-order valence-electron chi connectivity index (χ1n) is 10.7. The molecule has 0 aliphatic carbocycles. The van der Waals surface area contributed by atoms with Crippen LogP contribution in [0.1, 0.15) is 38.3 Å². The maximum absolute atomic E-state index is 13.0. The molecular weight excluding hydrogens is 475 g/mol. The van der Waals surface area contributed by atoms with Gasteiger partial charge in [-0.05, 0) is 50.1 Å². The summed E-state index contributed by atoms with van der Waals surface area (Å²) in [5.74, 6) is 0.183. The van der Waals surface area contributed by atoms with Crippen molar-refractivity contribution < 1.29 is 18.3 Å². The minimum absolute atomic E-state index is 0.220. The van der Waals surface area contributed by atoms with Crippen LogP contribution in [0, 0.1) is 5.82 Å². The van der Waals surface area contributed by atoms with Crippen LogP contribution in [0.2, 0.25) is 0 Å². The second-order valence-corrected chi connectivity index (χ2v) is 9.61. The molecular formula is C24H23FN4O3S2. The fourth-order valence-electron chi connectivity index (χ4n) is 2.99. The van der Waals surface area contributed by atoms with Crippen LogP contribution >= 0.6 is 23.1 Å². The predicted molar refractivity (Wildman–Crippen MR) is 131 cm³/mol. The van der Waals surface area contributed by atoms with Crippen LogP contribution in [0.25, 0.3) is 11.3 Å². The van der Waals surface area contributed by atoms with E-state index in [1.807, 2.05) is 17.5 Å². The highest BCUT2D eigenvalue weighted by atomic mass is 32.2. The van der Waals surface area contributed by atoms with Crippen molar-refractivity contribution in [2.45, 2.75) is 43.8 Å². The number of halogens is 1. The van der Waals surface area contributed by atoms with Crippen molar-refractivity contribution in [2.24, 2.45) is 0 Å². The lowest BCUT2D eigenvalue weighted by molar-refractivity contribution is -0.115. The Morgan fingerprint density at radius 2 is 1.88 bits per heavy atom. The van der Waals surface area contributed by atoms with Gasteiger partial charge in [0, 0.05) is 10.9 Å². The topological polar surface area (TPSA) is 90.1 Å². The van der Waals surface area contributed by atoms with E-state index in [2.05, 4.69) is 39.6 Å². The molecule has 7 nitrogen and oxygen atoms in total. The number of anilines is 1. The Kier molecular flexibility index (Phi) is 7.59. The lowest BCUT2D eigenvalue weighted by Gasteiger charge is -2.10. The fraction of sp³-hybridized carbons (Fsp3) is 0.250. The van der Waals surface area contributed by atoms with Crippen molar-refractivity contribution in [3.05, 3.63) is 71.2 Å². The average molecular weight is 499 g/mol. The first-order chi connectivity index (χ1) is 16.4. The van der Waals surface area contributed by atoms with Crippen molar-refractivity contribution in [1.82, 2.24) is 15.2 Å². The molecule has 176 valence electrons. The van der Waals surface area contributed by atoms with Gasteiger partial charge in [-0.15, -0.1) is 21.5 Å². The summed E-state index contributed by atoms with van der Waals surface area (Å²) in [5, 5.41) is 13.0. The molecule has 1 amide bonds. The largest absolute Gasteiger partial charge is 0.481 e. The fourth-order valence-corrected chi connectivity index (χ4v) is 4.40. The van der Waals surface area contributed by atoms with E-state index >= 15 is 0 Å². The number of benzene rings is 2. The zero-order valence-electron chi connectivity index (χ0n) is 18.8. The van der Waals surface area contributed by atoms with Crippen LogP contribution in [-0.4, -0.2) is 26.3 Å². The summed E-state index contributed by atoms with van der Waals surface area (Å²) in [5.41, 5.74) is 3.09. The number of nitrogens with one attached hydrogen (secondary N) is 1. The van der Waals surface area contributed by atoms with Crippen molar-refractivity contribution >= 4 is 34.1 Å². The normalized spacial score (nSPS) is 12.8. The van der Waals surface area contributed by atoms with Gasteiger partial charge in [-0.25, -0.2) is 9.37 Å². The van der Waals surface area contributed by atoms with Gasteiger partial charge in [0.25, 0.3) is 11.1 Å². The van der Waals surface area contributed by atoms with E-state index in [1.54, 1.807) is 13.8 Å². The van der Waals surface area contributed by atoms with Crippen LogP contribution < -0.4 is 10.1 Å². The van der Waals surface area contributed by atoms with E-state index in [9.17, 15) is 9.18 Å². The highest BCUT2D eigenvalue weighted by molar-refractivity contribution is 8.00. The minimum Gasteiger partial charge on any atom is -0.481 e. The Bertz CT molecular complexity index is 1240. The number of nitrogens with zero attached hydrogens (tertiary/aromatic N) is 3. The standard InChI is InChI=1S/C24H23FN4O3S2/c1-4-16-5-7-17(8-6-16)20-13-33-23(26-20)27-21(30)15(3)34-24-29-28-22(32-24)14(2)31-19-11-9-18(25)10-12-19/h5-15H,4H2,1-3H3,(H,26,27,30)/t14-,15-/m1/s1. The molecule has 0 spiro atoms. The highest BCUT2D eigenvalue weighted by Gasteiger charge is 2.22. The number of thiazole rings is 1. The van der Waals surface area contributed by atoms with Gasteiger partial charge < -0.3 is 14.5 Å². The second-order valence-electron chi connectivity index (χ2n) is 7.46. The van der Waals surface area contributed by atoms with E-state index in [1.165, 1.54) is 41.2 Å². The van der Waals surface area contributed by atoms with E-state index in [4.69, 9.17) is 9.15 Å². The Balaban J connectivity index is 1.32. The van der Waals surface area contributed by atoms with Crippen molar-refractivity contribution in [1.29, 1.82) is 0 Å². The number of amides is 1. The molecule has 34 heavy (non-hydrogen) atoms. The van der Waals surface area contributed by atoms with Crippen LogP contribution in [0.5, 0.6) is 5.75 Å². The molecule has 0 saturated carbocycles. The SMILES string of the molecule is CCc1ccc(-c2csc(NC(=O)[C@@H](C)Sc3nnc([C@@H](C)Oc4ccc(F)cc4)o3)n2)cc1. The van der Waals surface area contributed by atoms with Crippen LogP contribution in [0.15, 0.2) is 63.6 Å². The molecule has 0 radical (unpaired) electrons. The summed E-state index contributed by atoms with van der Waals surface area (Å²) in [4.78, 5) is 17.2. The molecule has 0 aliphatic heterocycles. The van der Waals surface area contributed by atoms with E-state index < -0.39 is 11.4 Å². The van der Waals surface area contributed by atoms with Gasteiger partial charge in [-0.2, -0.15) is 0 Å². The molecule has 4 aromatic rings. The van der Waals surface area contributed by atoms with Gasteiger partial charge in [0.2, 0.25) is 5.91 Å². The van der Waals surface area contributed by atoms with Gasteiger partial charge in [0.05, 0.1) is 10.9 Å². The van der Waals surface area contributed by atoms with Gasteiger partial charge in [0.1, 0.15) is 11.6 Å². The maximum Gasteiger partial charge on any atom is 0.277 e. The van der Waals surface area contributed by atoms with Gasteiger partial charge in [0.15, 0.2) is 11.2 Å². The smallest absolute Gasteiger partial charge is 0.277 e. The number of aromatic nitrogens is 3. The van der Waals surface area contributed by atoms with Gasteiger partial charge >= 0.3 is 0 Å². The maximum atomic E-state index is 13.0. The van der Waals surface area contributed by atoms with Crippen LogP contribution in [0.3, 0.4) is 0 Å². The van der Waals surface area contributed by atoms with Gasteiger partial charge in [-0.1, -0.05) is 43.0 Å². The Labute approximate surface area is 204 Å². The van der Waals surface area contributed by atoms with Crippen molar-refractivity contribution in [3.63, 3.8) is 0 Å². The zero-order chi connectivity index (χ0) is 24.1. The number of thioether (sulfide) groups is 1. The Hall–Kier alpha value is -3.24. The molecule has 1 N–H and O–H groups in total. The Morgan fingerprint density at radius 1 is 1.15 bits per heavy atom. The Morgan fingerprint density at radius 3 is 2.59 bits per heavy atom. The molecule has 2 aromatic carbocycles. The third-order valence-electron chi connectivity index (χ3n) is 4.94. The van der Waals surface area contributed by atoms with Gasteiger partial charge in [-0.3, -0.25) is 4.79 Å². The molecule has 10 heteroatoms.